The van der Waals surface area contributed by atoms with Gasteiger partial charge in [-0.15, -0.1) is 0 Å². The van der Waals surface area contributed by atoms with Crippen LogP contribution in [0.1, 0.15) is 66.2 Å². The zero-order valence-corrected chi connectivity index (χ0v) is 15.1. The summed E-state index contributed by atoms with van der Waals surface area (Å²) in [6, 6.07) is 0. The Morgan fingerprint density at radius 1 is 1.21 bits per heavy atom. The molecule has 1 saturated carbocycles. The lowest BCUT2D eigenvalue weighted by Gasteiger charge is -2.54. The Bertz CT molecular complexity index is 640. The molecular weight excluding hydrogens is 304 g/mol. The summed E-state index contributed by atoms with van der Waals surface area (Å²) < 4.78 is 4.77. The smallest absolute Gasteiger partial charge is 0.333 e. The van der Waals surface area contributed by atoms with Crippen molar-refractivity contribution in [1.29, 1.82) is 0 Å². The summed E-state index contributed by atoms with van der Waals surface area (Å²) in [5.74, 6) is 0.145. The summed E-state index contributed by atoms with van der Waals surface area (Å²) in [5.41, 5.74) is 2.94. The first-order valence-corrected chi connectivity index (χ1v) is 8.98. The number of allylic oxidation sites excluding steroid dienone is 2. The molecule has 0 spiro atoms. The lowest BCUT2D eigenvalue weighted by molar-refractivity contribution is -0.151. The molecular formula is C20H28O4. The van der Waals surface area contributed by atoms with E-state index in [-0.39, 0.29) is 16.6 Å². The Balaban J connectivity index is 1.89. The van der Waals surface area contributed by atoms with Gasteiger partial charge < -0.3 is 9.84 Å². The minimum Gasteiger partial charge on any atom is -0.429 e. The van der Waals surface area contributed by atoms with Crippen LogP contribution in [0.4, 0.5) is 0 Å². The third kappa shape index (κ3) is 2.75. The summed E-state index contributed by atoms with van der Waals surface area (Å²) in [5, 5.41) is 9.79. The molecule has 1 N–H and O–H groups in total. The van der Waals surface area contributed by atoms with Gasteiger partial charge in [0.2, 0.25) is 6.29 Å². The molecule has 0 aromatic heterocycles. The molecule has 1 fully saturated rings. The van der Waals surface area contributed by atoms with Crippen molar-refractivity contribution in [2.24, 2.45) is 16.7 Å². The van der Waals surface area contributed by atoms with Gasteiger partial charge in [0, 0.05) is 18.1 Å². The highest BCUT2D eigenvalue weighted by Gasteiger charge is 2.51. The molecule has 2 aliphatic carbocycles. The first-order valence-electron chi connectivity index (χ1n) is 8.98. The number of aliphatic hydroxyl groups is 1. The highest BCUT2D eigenvalue weighted by atomic mass is 16.6. The summed E-state index contributed by atoms with van der Waals surface area (Å²) in [7, 11) is 0. The molecule has 1 heterocycles. The predicted molar refractivity (Wildman–Crippen MR) is 91.0 cm³/mol. The third-order valence-corrected chi connectivity index (χ3v) is 6.69. The number of fused-ring (bicyclic) bond motifs is 1. The predicted octanol–water partition coefficient (Wildman–Crippen LogP) is 3.69. The fourth-order valence-corrected chi connectivity index (χ4v) is 5.30. The lowest BCUT2D eigenvalue weighted by Crippen LogP contribution is -2.47. The number of hydrogen-bond donors (Lipinski definition) is 1. The van der Waals surface area contributed by atoms with Gasteiger partial charge in [-0.25, -0.2) is 4.79 Å². The minimum atomic E-state index is -1.12. The van der Waals surface area contributed by atoms with Crippen molar-refractivity contribution < 1.29 is 19.4 Å². The van der Waals surface area contributed by atoms with Gasteiger partial charge in [-0.05, 0) is 54.9 Å². The van der Waals surface area contributed by atoms with Crippen LogP contribution in [0, 0.1) is 16.7 Å². The maximum atomic E-state index is 12.6. The maximum Gasteiger partial charge on any atom is 0.333 e. The largest absolute Gasteiger partial charge is 0.429 e. The fraction of sp³-hybridized carbons (Fsp3) is 0.700. The van der Waals surface area contributed by atoms with Gasteiger partial charge >= 0.3 is 5.97 Å². The second-order valence-corrected chi connectivity index (χ2v) is 8.55. The van der Waals surface area contributed by atoms with Crippen molar-refractivity contribution in [3.05, 3.63) is 22.8 Å². The molecule has 1 aliphatic heterocycles. The molecule has 0 aromatic rings. The molecule has 0 unspecified atom stereocenters. The zero-order chi connectivity index (χ0) is 17.7. The number of cyclic esters (lactones) is 1. The molecule has 3 aliphatic rings. The third-order valence-electron chi connectivity index (χ3n) is 6.69. The summed E-state index contributed by atoms with van der Waals surface area (Å²) >= 11 is 0. The second-order valence-electron chi connectivity index (χ2n) is 8.55. The first kappa shape index (κ1) is 17.4. The van der Waals surface area contributed by atoms with Crippen LogP contribution in [0.2, 0.25) is 0 Å². The van der Waals surface area contributed by atoms with E-state index in [2.05, 4.69) is 20.8 Å². The van der Waals surface area contributed by atoms with Crippen molar-refractivity contribution in [2.45, 2.75) is 72.5 Å². The number of carbonyl (C=O) groups is 2. The van der Waals surface area contributed by atoms with Gasteiger partial charge in [0.1, 0.15) is 0 Å². The average molecular weight is 332 g/mol. The van der Waals surface area contributed by atoms with Crippen LogP contribution in [0.15, 0.2) is 22.8 Å². The molecule has 3 rings (SSSR count). The van der Waals surface area contributed by atoms with Crippen LogP contribution >= 0.6 is 0 Å². The van der Waals surface area contributed by atoms with Crippen LogP contribution in [0.3, 0.4) is 0 Å². The maximum absolute atomic E-state index is 12.6. The SMILES string of the molecule is CC1=C(CCC2=CC(=O)O[C@@H]2O)[C@@]2(C)CCCC(C)(C)[C@@H]2CC1=O. The molecule has 0 saturated heterocycles. The Morgan fingerprint density at radius 3 is 2.54 bits per heavy atom. The van der Waals surface area contributed by atoms with E-state index in [0.29, 0.717) is 30.8 Å². The number of ether oxygens (including phenoxy) is 1. The quantitative estimate of drug-likeness (QED) is 0.801. The molecule has 4 heteroatoms. The van der Waals surface area contributed by atoms with Crippen LogP contribution < -0.4 is 0 Å². The molecule has 132 valence electrons. The number of aliphatic hydroxyl groups excluding tert-OH is 1. The molecule has 0 amide bonds. The monoisotopic (exact) mass is 332 g/mol. The van der Waals surface area contributed by atoms with E-state index in [4.69, 9.17) is 4.74 Å². The Hall–Kier alpha value is -1.42. The molecule has 0 bridgehead atoms. The Labute approximate surface area is 144 Å². The number of carbonyl (C=O) groups excluding carboxylic acids is 2. The fourth-order valence-electron chi connectivity index (χ4n) is 5.30. The normalized spacial score (nSPS) is 35.6. The topological polar surface area (TPSA) is 63.6 Å². The van der Waals surface area contributed by atoms with E-state index in [9.17, 15) is 14.7 Å². The number of rotatable bonds is 3. The number of ketones is 1. The summed E-state index contributed by atoms with van der Waals surface area (Å²) in [6.07, 6.45) is 5.64. The van der Waals surface area contributed by atoms with E-state index in [0.717, 1.165) is 12.0 Å². The summed E-state index contributed by atoms with van der Waals surface area (Å²) in [6.45, 7) is 8.83. The van der Waals surface area contributed by atoms with Gasteiger partial charge in [-0.1, -0.05) is 32.8 Å². The van der Waals surface area contributed by atoms with Crippen molar-refractivity contribution in [2.75, 3.05) is 0 Å². The van der Waals surface area contributed by atoms with E-state index in [1.54, 1.807) is 0 Å². The molecule has 4 nitrogen and oxygen atoms in total. The second kappa shape index (κ2) is 5.83. The first-order chi connectivity index (χ1) is 11.1. The lowest BCUT2D eigenvalue weighted by atomic mass is 9.49. The van der Waals surface area contributed by atoms with Crippen LogP contribution in [0.25, 0.3) is 0 Å². The van der Waals surface area contributed by atoms with Crippen LogP contribution in [-0.4, -0.2) is 23.1 Å². The number of esters is 1. The van der Waals surface area contributed by atoms with E-state index in [1.807, 2.05) is 6.92 Å². The van der Waals surface area contributed by atoms with E-state index in [1.165, 1.54) is 24.5 Å². The van der Waals surface area contributed by atoms with Crippen molar-refractivity contribution >= 4 is 11.8 Å². The molecule has 3 atom stereocenters. The highest BCUT2D eigenvalue weighted by molar-refractivity contribution is 5.97. The van der Waals surface area contributed by atoms with E-state index < -0.39 is 12.3 Å². The Kier molecular flexibility index (Phi) is 4.23. The molecule has 0 aromatic carbocycles. The molecule has 0 radical (unpaired) electrons. The van der Waals surface area contributed by atoms with Gasteiger partial charge in [0.15, 0.2) is 5.78 Å². The highest BCUT2D eigenvalue weighted by Crippen LogP contribution is 2.59. The minimum absolute atomic E-state index is 0.0364. The van der Waals surface area contributed by atoms with Crippen LogP contribution in [-0.2, 0) is 14.3 Å². The van der Waals surface area contributed by atoms with Crippen molar-refractivity contribution in [3.8, 4) is 0 Å². The zero-order valence-electron chi connectivity index (χ0n) is 15.1. The van der Waals surface area contributed by atoms with Gasteiger partial charge in [0.05, 0.1) is 0 Å². The van der Waals surface area contributed by atoms with Crippen LogP contribution in [0.5, 0.6) is 0 Å². The van der Waals surface area contributed by atoms with Crippen molar-refractivity contribution in [1.82, 2.24) is 0 Å². The average Bonchev–Trinajstić information content (AvgIpc) is 2.79. The Morgan fingerprint density at radius 2 is 1.92 bits per heavy atom. The number of Topliss-reactive ketones (excluding diaryl/α,β-unsaturated/α-hetero) is 1. The van der Waals surface area contributed by atoms with Gasteiger partial charge in [0.25, 0.3) is 0 Å². The van der Waals surface area contributed by atoms with Gasteiger partial charge in [-0.2, -0.15) is 0 Å². The standard InChI is InChI=1S/C20H28O4/c1-12-14(7-6-13-10-17(22)24-18(13)23)20(4)9-5-8-19(2,3)16(20)11-15(12)21/h10,16,18,23H,5-9,11H2,1-4H3/t16-,18-,20+/m0/s1. The van der Waals surface area contributed by atoms with E-state index >= 15 is 0 Å². The molecule has 24 heavy (non-hydrogen) atoms. The summed E-state index contributed by atoms with van der Waals surface area (Å²) in [4.78, 5) is 23.9. The number of hydrogen-bond acceptors (Lipinski definition) is 4. The van der Waals surface area contributed by atoms with Crippen molar-refractivity contribution in [3.63, 3.8) is 0 Å². The van der Waals surface area contributed by atoms with Gasteiger partial charge in [-0.3, -0.25) is 4.79 Å².